The molecule has 5 nitrogen and oxygen atoms in total. The molecule has 2 aromatic carbocycles. The predicted molar refractivity (Wildman–Crippen MR) is 119 cm³/mol. The van der Waals surface area contributed by atoms with Crippen LogP contribution in [0.4, 0.5) is 20.2 Å². The molecule has 0 aliphatic carbocycles. The van der Waals surface area contributed by atoms with Crippen molar-refractivity contribution in [2.75, 3.05) is 38.1 Å². The number of ether oxygens (including phenoxy) is 1. The van der Waals surface area contributed by atoms with Gasteiger partial charge in [0, 0.05) is 37.3 Å². The lowest BCUT2D eigenvalue weighted by Crippen LogP contribution is -2.44. The van der Waals surface area contributed by atoms with Gasteiger partial charge >= 0.3 is 6.61 Å². The van der Waals surface area contributed by atoms with Crippen LogP contribution in [-0.4, -0.2) is 55.4 Å². The van der Waals surface area contributed by atoms with Crippen LogP contribution in [0.5, 0.6) is 5.88 Å². The zero-order valence-electron chi connectivity index (χ0n) is 17.3. The topological polar surface area (TPSA) is 41.0 Å². The minimum Gasteiger partial charge on any atom is -0.415 e. The lowest BCUT2D eigenvalue weighted by molar-refractivity contribution is -0.0523. The molecule has 4 rings (SSSR count). The second-order valence-electron chi connectivity index (χ2n) is 7.38. The van der Waals surface area contributed by atoms with Gasteiger partial charge < -0.3 is 14.5 Å². The molecule has 1 fully saturated rings. The van der Waals surface area contributed by atoms with Gasteiger partial charge in [0.1, 0.15) is 5.69 Å². The quantitative estimate of drug-likeness (QED) is 0.545. The first-order valence-electron chi connectivity index (χ1n) is 10.2. The van der Waals surface area contributed by atoms with Crippen molar-refractivity contribution in [3.63, 3.8) is 0 Å². The first-order chi connectivity index (χ1) is 15.1. The second kappa shape index (κ2) is 9.66. The molecule has 0 amide bonds. The van der Waals surface area contributed by atoms with Crippen LogP contribution in [0.1, 0.15) is 11.1 Å². The summed E-state index contributed by atoms with van der Waals surface area (Å²) in [6, 6.07) is 21.1. The molecule has 160 valence electrons. The third-order valence-corrected chi connectivity index (χ3v) is 5.21. The number of hydrogen-bond donors (Lipinski definition) is 0. The van der Waals surface area contributed by atoms with Crippen LogP contribution in [0, 0.1) is 0 Å². The Labute approximate surface area is 180 Å². The number of aromatic nitrogens is 1. The van der Waals surface area contributed by atoms with Gasteiger partial charge in [-0.3, -0.25) is 0 Å². The van der Waals surface area contributed by atoms with E-state index in [-0.39, 0.29) is 11.6 Å². The Morgan fingerprint density at radius 1 is 0.935 bits per heavy atom. The van der Waals surface area contributed by atoms with Crippen LogP contribution >= 0.6 is 0 Å². The first-order valence-corrected chi connectivity index (χ1v) is 10.2. The molecule has 1 aromatic heterocycles. The minimum absolute atomic E-state index is 0.183. The molecule has 1 aliphatic heterocycles. The van der Waals surface area contributed by atoms with Crippen molar-refractivity contribution >= 4 is 17.1 Å². The summed E-state index contributed by atoms with van der Waals surface area (Å²) in [5, 5.41) is 0. The van der Waals surface area contributed by atoms with Gasteiger partial charge in [-0.05, 0) is 13.1 Å². The van der Waals surface area contributed by atoms with E-state index < -0.39 is 6.61 Å². The Balaban J connectivity index is 1.80. The van der Waals surface area contributed by atoms with Crippen molar-refractivity contribution in [1.82, 2.24) is 9.88 Å². The standard InChI is InChI=1S/C24H24F2N4O/c1-29-12-14-30(15-13-29)20-16-21(23(27-17-20)31-24(25)26)28-22(18-8-4-2-5-9-18)19-10-6-3-7-11-19/h2-11,16-17,24H,12-15H2,1H3. The molecule has 2 heterocycles. The van der Waals surface area contributed by atoms with Gasteiger partial charge in [0.2, 0.25) is 5.88 Å². The fraction of sp³-hybridized carbons (Fsp3) is 0.250. The van der Waals surface area contributed by atoms with Gasteiger partial charge in [0.25, 0.3) is 0 Å². The van der Waals surface area contributed by atoms with Crippen LogP contribution in [0.25, 0.3) is 0 Å². The van der Waals surface area contributed by atoms with Crippen molar-refractivity contribution < 1.29 is 13.5 Å². The summed E-state index contributed by atoms with van der Waals surface area (Å²) in [7, 11) is 2.08. The van der Waals surface area contributed by atoms with Gasteiger partial charge in [-0.25, -0.2) is 9.98 Å². The maximum atomic E-state index is 13.1. The summed E-state index contributed by atoms with van der Waals surface area (Å²) in [4.78, 5) is 13.4. The van der Waals surface area contributed by atoms with Gasteiger partial charge in [-0.2, -0.15) is 8.78 Å². The van der Waals surface area contributed by atoms with Crippen molar-refractivity contribution in [3.8, 4) is 5.88 Å². The molecule has 0 spiro atoms. The summed E-state index contributed by atoms with van der Waals surface area (Å²) in [6.45, 7) is 0.537. The lowest BCUT2D eigenvalue weighted by Gasteiger charge is -2.34. The van der Waals surface area contributed by atoms with E-state index in [2.05, 4.69) is 21.8 Å². The first kappa shape index (κ1) is 20.9. The lowest BCUT2D eigenvalue weighted by atomic mass is 10.0. The number of hydrogen-bond acceptors (Lipinski definition) is 5. The number of alkyl halides is 2. The molecule has 7 heteroatoms. The highest BCUT2D eigenvalue weighted by Crippen LogP contribution is 2.32. The molecule has 0 unspecified atom stereocenters. The molecular weight excluding hydrogens is 398 g/mol. The van der Waals surface area contributed by atoms with E-state index in [1.807, 2.05) is 60.7 Å². The number of anilines is 1. The molecule has 0 bridgehead atoms. The Hall–Kier alpha value is -3.32. The zero-order valence-corrected chi connectivity index (χ0v) is 17.3. The van der Waals surface area contributed by atoms with E-state index in [0.717, 1.165) is 43.0 Å². The molecule has 3 aromatic rings. The highest BCUT2D eigenvalue weighted by molar-refractivity contribution is 6.14. The van der Waals surface area contributed by atoms with Gasteiger partial charge in [-0.1, -0.05) is 60.7 Å². The molecule has 31 heavy (non-hydrogen) atoms. The Bertz CT molecular complexity index is 979. The fourth-order valence-corrected chi connectivity index (χ4v) is 3.53. The number of piperazine rings is 1. The van der Waals surface area contributed by atoms with Crippen LogP contribution in [0.15, 0.2) is 77.9 Å². The van der Waals surface area contributed by atoms with Crippen LogP contribution in [0.2, 0.25) is 0 Å². The Morgan fingerprint density at radius 3 is 2.06 bits per heavy atom. The fourth-order valence-electron chi connectivity index (χ4n) is 3.53. The van der Waals surface area contributed by atoms with E-state index in [4.69, 9.17) is 9.73 Å². The van der Waals surface area contributed by atoms with Crippen LogP contribution in [0.3, 0.4) is 0 Å². The number of benzene rings is 2. The summed E-state index contributed by atoms with van der Waals surface area (Å²) in [5.74, 6) is -0.183. The highest BCUT2D eigenvalue weighted by Gasteiger charge is 2.19. The number of halogens is 2. The normalized spacial score (nSPS) is 14.5. The monoisotopic (exact) mass is 422 g/mol. The van der Waals surface area contributed by atoms with Gasteiger partial charge in [0.15, 0.2) is 0 Å². The van der Waals surface area contributed by atoms with E-state index in [0.29, 0.717) is 5.71 Å². The SMILES string of the molecule is CN1CCN(c2cnc(OC(F)F)c(N=C(c3ccccc3)c3ccccc3)c2)CC1. The summed E-state index contributed by atoms with van der Waals surface area (Å²) in [5.41, 5.74) is 3.54. The van der Waals surface area contributed by atoms with E-state index in [1.165, 1.54) is 0 Å². The molecule has 0 atom stereocenters. The van der Waals surface area contributed by atoms with Gasteiger partial charge in [0.05, 0.1) is 17.6 Å². The van der Waals surface area contributed by atoms with E-state index in [1.54, 1.807) is 12.3 Å². The van der Waals surface area contributed by atoms with Crippen molar-refractivity contribution in [1.29, 1.82) is 0 Å². The number of likely N-dealkylation sites (N-methyl/N-ethyl adjacent to an activating group) is 1. The Morgan fingerprint density at radius 2 is 1.52 bits per heavy atom. The smallest absolute Gasteiger partial charge is 0.388 e. The number of aliphatic imine (C=N–C) groups is 1. The summed E-state index contributed by atoms with van der Waals surface area (Å²) in [6.07, 6.45) is 1.58. The van der Waals surface area contributed by atoms with Crippen LogP contribution in [-0.2, 0) is 0 Å². The predicted octanol–water partition coefficient (Wildman–Crippen LogP) is 4.60. The molecule has 1 saturated heterocycles. The second-order valence-corrected chi connectivity index (χ2v) is 7.38. The van der Waals surface area contributed by atoms with Crippen LogP contribution < -0.4 is 9.64 Å². The third-order valence-electron chi connectivity index (χ3n) is 5.21. The number of nitrogens with zero attached hydrogens (tertiary/aromatic N) is 4. The Kier molecular flexibility index (Phi) is 6.52. The molecule has 0 saturated carbocycles. The zero-order chi connectivity index (χ0) is 21.6. The summed E-state index contributed by atoms with van der Waals surface area (Å²) < 4.78 is 30.8. The molecule has 1 aliphatic rings. The van der Waals surface area contributed by atoms with Crippen molar-refractivity contribution in [3.05, 3.63) is 84.1 Å². The molecule has 0 N–H and O–H groups in total. The maximum absolute atomic E-state index is 13.1. The maximum Gasteiger partial charge on any atom is 0.388 e. The molecular formula is C24H24F2N4O. The highest BCUT2D eigenvalue weighted by atomic mass is 19.3. The average Bonchev–Trinajstić information content (AvgIpc) is 2.80. The molecule has 0 radical (unpaired) electrons. The number of rotatable bonds is 6. The minimum atomic E-state index is -2.98. The number of pyridine rings is 1. The summed E-state index contributed by atoms with van der Waals surface area (Å²) >= 11 is 0. The van der Waals surface area contributed by atoms with E-state index >= 15 is 0 Å². The van der Waals surface area contributed by atoms with E-state index in [9.17, 15) is 8.78 Å². The largest absolute Gasteiger partial charge is 0.415 e. The van der Waals surface area contributed by atoms with Gasteiger partial charge in [-0.15, -0.1) is 0 Å². The average molecular weight is 422 g/mol. The third kappa shape index (κ3) is 5.24. The van der Waals surface area contributed by atoms with Crippen molar-refractivity contribution in [2.45, 2.75) is 6.61 Å². The van der Waals surface area contributed by atoms with Crippen molar-refractivity contribution in [2.24, 2.45) is 4.99 Å².